The van der Waals surface area contributed by atoms with Gasteiger partial charge in [0.2, 0.25) is 0 Å². The van der Waals surface area contributed by atoms with E-state index < -0.39 is 0 Å². The lowest BCUT2D eigenvalue weighted by Crippen LogP contribution is -1.97. The Morgan fingerprint density at radius 3 is 2.19 bits per heavy atom. The molecule has 2 aliphatic rings. The first kappa shape index (κ1) is 11.7. The second kappa shape index (κ2) is 4.58. The van der Waals surface area contributed by atoms with Gasteiger partial charge in [-0.1, -0.05) is 29.8 Å². The monoisotopic (exact) mass is 235 g/mol. The van der Waals surface area contributed by atoms with Gasteiger partial charge in [0.05, 0.1) is 0 Å². The lowest BCUT2D eigenvalue weighted by Gasteiger charge is -2.12. The van der Waals surface area contributed by atoms with E-state index in [4.69, 9.17) is 11.6 Å². The van der Waals surface area contributed by atoms with Gasteiger partial charge in [-0.15, -0.1) is 0 Å². The van der Waals surface area contributed by atoms with E-state index in [1.54, 1.807) is 0 Å². The van der Waals surface area contributed by atoms with Crippen molar-refractivity contribution >= 4 is 18.3 Å². The first-order chi connectivity index (χ1) is 7.69. The third kappa shape index (κ3) is 2.30. The SMILES string of the molecule is C=CC(=C(/C)C1CC1)/C(=C(/Cl)N=C)C1CC1. The van der Waals surface area contributed by atoms with E-state index in [1.807, 2.05) is 6.08 Å². The molecular weight excluding hydrogens is 218 g/mol. The first-order valence-electron chi connectivity index (χ1n) is 5.89. The summed E-state index contributed by atoms with van der Waals surface area (Å²) >= 11 is 6.18. The quantitative estimate of drug-likeness (QED) is 0.379. The van der Waals surface area contributed by atoms with Gasteiger partial charge in [0.1, 0.15) is 5.16 Å². The number of aliphatic imine (C=N–C) groups is 1. The zero-order valence-corrected chi connectivity index (χ0v) is 10.6. The Morgan fingerprint density at radius 2 is 1.81 bits per heavy atom. The van der Waals surface area contributed by atoms with Crippen LogP contribution in [0.1, 0.15) is 32.6 Å². The van der Waals surface area contributed by atoms with Crippen molar-refractivity contribution in [2.45, 2.75) is 32.6 Å². The molecule has 86 valence electrons. The van der Waals surface area contributed by atoms with Crippen LogP contribution in [0.15, 0.2) is 39.5 Å². The topological polar surface area (TPSA) is 12.4 Å². The normalized spacial score (nSPS) is 23.4. The minimum atomic E-state index is 0.567. The maximum absolute atomic E-state index is 6.18. The lowest BCUT2D eigenvalue weighted by atomic mass is 9.95. The van der Waals surface area contributed by atoms with Gasteiger partial charge in [-0.05, 0) is 62.3 Å². The molecule has 0 unspecified atom stereocenters. The Hall–Kier alpha value is -0.820. The van der Waals surface area contributed by atoms with Crippen LogP contribution in [0.25, 0.3) is 0 Å². The highest BCUT2D eigenvalue weighted by Gasteiger charge is 2.33. The molecule has 0 aromatic rings. The Labute approximate surface area is 103 Å². The van der Waals surface area contributed by atoms with Gasteiger partial charge >= 0.3 is 0 Å². The van der Waals surface area contributed by atoms with Crippen LogP contribution in [-0.2, 0) is 0 Å². The number of hydrogen-bond donors (Lipinski definition) is 0. The molecular formula is C14H18ClN. The molecule has 0 aromatic carbocycles. The van der Waals surface area contributed by atoms with Crippen molar-refractivity contribution in [3.8, 4) is 0 Å². The van der Waals surface area contributed by atoms with Gasteiger partial charge in [0.15, 0.2) is 0 Å². The number of allylic oxidation sites excluding steroid dienone is 4. The highest BCUT2D eigenvalue weighted by atomic mass is 35.5. The van der Waals surface area contributed by atoms with Crippen LogP contribution in [0.4, 0.5) is 0 Å². The second-order valence-electron chi connectivity index (χ2n) is 4.71. The van der Waals surface area contributed by atoms with Crippen LogP contribution >= 0.6 is 11.6 Å². The van der Waals surface area contributed by atoms with Crippen molar-refractivity contribution < 1.29 is 0 Å². The van der Waals surface area contributed by atoms with Crippen molar-refractivity contribution in [2.24, 2.45) is 16.8 Å². The molecule has 0 radical (unpaired) electrons. The van der Waals surface area contributed by atoms with Crippen LogP contribution < -0.4 is 0 Å². The average Bonchev–Trinajstić information content (AvgIpc) is 3.16. The van der Waals surface area contributed by atoms with Crippen molar-refractivity contribution in [2.75, 3.05) is 0 Å². The molecule has 0 amide bonds. The molecule has 0 atom stereocenters. The highest BCUT2D eigenvalue weighted by Crippen LogP contribution is 2.47. The standard InChI is InChI=1S/C14H18ClN/c1-4-12(9(2)10-5-6-10)13(11-7-8-11)14(15)16-3/h4,10-11H,1,3,5-8H2,2H3/b12-9+,14-13-. The summed E-state index contributed by atoms with van der Waals surface area (Å²) in [5.41, 5.74) is 3.83. The van der Waals surface area contributed by atoms with Gasteiger partial charge in [0.25, 0.3) is 0 Å². The molecule has 2 saturated carbocycles. The van der Waals surface area contributed by atoms with Gasteiger partial charge in [-0.3, -0.25) is 4.99 Å². The third-order valence-electron chi connectivity index (χ3n) is 3.46. The number of nitrogens with zero attached hydrogens (tertiary/aromatic N) is 1. The summed E-state index contributed by atoms with van der Waals surface area (Å²) in [4.78, 5) is 3.89. The van der Waals surface area contributed by atoms with Gasteiger partial charge < -0.3 is 0 Å². The molecule has 0 spiro atoms. The summed E-state index contributed by atoms with van der Waals surface area (Å²) in [6.45, 7) is 9.66. The fourth-order valence-electron chi connectivity index (χ4n) is 2.18. The van der Waals surface area contributed by atoms with E-state index in [1.165, 1.54) is 42.4 Å². The van der Waals surface area contributed by atoms with Crippen molar-refractivity contribution in [1.29, 1.82) is 0 Å². The smallest absolute Gasteiger partial charge is 0.132 e. The Balaban J connectivity index is 2.40. The average molecular weight is 236 g/mol. The summed E-state index contributed by atoms with van der Waals surface area (Å²) in [6, 6.07) is 0. The van der Waals surface area contributed by atoms with Crippen LogP contribution in [0, 0.1) is 11.8 Å². The number of rotatable bonds is 5. The Kier molecular flexibility index (Phi) is 3.34. The van der Waals surface area contributed by atoms with E-state index in [-0.39, 0.29) is 0 Å². The molecule has 1 nitrogen and oxygen atoms in total. The predicted octanol–water partition coefficient (Wildman–Crippen LogP) is 4.46. The van der Waals surface area contributed by atoms with E-state index in [9.17, 15) is 0 Å². The first-order valence-corrected chi connectivity index (χ1v) is 6.26. The molecule has 16 heavy (non-hydrogen) atoms. The summed E-state index contributed by atoms with van der Waals surface area (Å²) in [6.07, 6.45) is 6.99. The zero-order chi connectivity index (χ0) is 11.7. The van der Waals surface area contributed by atoms with Crippen LogP contribution in [0.5, 0.6) is 0 Å². The summed E-state index contributed by atoms with van der Waals surface area (Å²) in [7, 11) is 0. The number of halogens is 1. The minimum absolute atomic E-state index is 0.567. The number of hydrogen-bond acceptors (Lipinski definition) is 1. The van der Waals surface area contributed by atoms with Crippen molar-refractivity contribution in [3.63, 3.8) is 0 Å². The largest absolute Gasteiger partial charge is 0.252 e. The van der Waals surface area contributed by atoms with E-state index >= 15 is 0 Å². The molecule has 2 aliphatic carbocycles. The summed E-state index contributed by atoms with van der Waals surface area (Å²) in [5, 5.41) is 0.567. The summed E-state index contributed by atoms with van der Waals surface area (Å²) < 4.78 is 0. The molecule has 0 N–H and O–H groups in total. The van der Waals surface area contributed by atoms with Gasteiger partial charge in [0, 0.05) is 0 Å². The van der Waals surface area contributed by atoms with E-state index in [0.717, 1.165) is 5.92 Å². The van der Waals surface area contributed by atoms with Gasteiger partial charge in [-0.25, -0.2) is 0 Å². The Bertz CT molecular complexity index is 382. The van der Waals surface area contributed by atoms with Crippen molar-refractivity contribution in [3.05, 3.63) is 34.5 Å². The molecule has 0 aliphatic heterocycles. The lowest BCUT2D eigenvalue weighted by molar-refractivity contribution is 0.945. The molecule has 0 aromatic heterocycles. The third-order valence-corrected chi connectivity index (χ3v) is 3.78. The fourth-order valence-corrected chi connectivity index (χ4v) is 2.43. The maximum atomic E-state index is 6.18. The predicted molar refractivity (Wildman–Crippen MR) is 70.8 cm³/mol. The van der Waals surface area contributed by atoms with Crippen molar-refractivity contribution in [1.82, 2.24) is 0 Å². The molecule has 0 saturated heterocycles. The maximum Gasteiger partial charge on any atom is 0.132 e. The zero-order valence-electron chi connectivity index (χ0n) is 9.80. The minimum Gasteiger partial charge on any atom is -0.252 e. The molecule has 2 fully saturated rings. The summed E-state index contributed by atoms with van der Waals surface area (Å²) in [5.74, 6) is 1.33. The molecule has 2 rings (SSSR count). The van der Waals surface area contributed by atoms with E-state index in [2.05, 4.69) is 25.2 Å². The van der Waals surface area contributed by atoms with Gasteiger partial charge in [-0.2, -0.15) is 0 Å². The second-order valence-corrected chi connectivity index (χ2v) is 5.07. The fraction of sp³-hybridized carbons (Fsp3) is 0.500. The van der Waals surface area contributed by atoms with E-state index in [0.29, 0.717) is 11.1 Å². The van der Waals surface area contributed by atoms with Crippen LogP contribution in [0.3, 0.4) is 0 Å². The van der Waals surface area contributed by atoms with Crippen LogP contribution in [0.2, 0.25) is 0 Å². The van der Waals surface area contributed by atoms with Crippen LogP contribution in [-0.4, -0.2) is 6.72 Å². The highest BCUT2D eigenvalue weighted by molar-refractivity contribution is 6.30. The Morgan fingerprint density at radius 1 is 1.25 bits per heavy atom. The molecule has 2 heteroatoms. The molecule has 0 bridgehead atoms. The molecule has 0 heterocycles.